The molecule has 0 amide bonds. The van der Waals surface area contributed by atoms with Gasteiger partial charge in [0.1, 0.15) is 5.75 Å². The molecule has 0 spiro atoms. The molecule has 0 heterocycles. The molecule has 0 fully saturated rings. The Hall–Kier alpha value is -0.300. The maximum Gasteiger partial charge on any atom is 0.209 e. The second-order valence-corrected chi connectivity index (χ2v) is 7.74. The third-order valence-corrected chi connectivity index (χ3v) is 4.14. The van der Waals surface area contributed by atoms with Gasteiger partial charge in [0.25, 0.3) is 0 Å². The summed E-state index contributed by atoms with van der Waals surface area (Å²) in [5.41, 5.74) is -0.563. The van der Waals surface area contributed by atoms with Gasteiger partial charge in [0, 0.05) is 10.4 Å². The summed E-state index contributed by atoms with van der Waals surface area (Å²) >= 11 is 9.14. The molecule has 1 rings (SSSR count). The second kappa shape index (κ2) is 5.77. The summed E-state index contributed by atoms with van der Waals surface area (Å²) in [6, 6.07) is 5.14. The fourth-order valence-corrected chi connectivity index (χ4v) is 3.42. The lowest BCUT2D eigenvalue weighted by Crippen LogP contribution is -2.33. The molecule has 0 aliphatic heterocycles. The third-order valence-electron chi connectivity index (χ3n) is 2.10. The van der Waals surface area contributed by atoms with Gasteiger partial charge < -0.3 is 4.74 Å². The number of benzene rings is 1. The van der Waals surface area contributed by atoms with Crippen molar-refractivity contribution in [2.24, 2.45) is 10.6 Å². The van der Waals surface area contributed by atoms with Gasteiger partial charge in [-0.25, -0.2) is 13.6 Å². The van der Waals surface area contributed by atoms with Crippen molar-refractivity contribution in [1.29, 1.82) is 0 Å². The van der Waals surface area contributed by atoms with E-state index in [9.17, 15) is 8.42 Å². The van der Waals surface area contributed by atoms with Crippen molar-refractivity contribution in [2.45, 2.75) is 13.8 Å². The van der Waals surface area contributed by atoms with Crippen molar-refractivity contribution in [2.75, 3.05) is 12.4 Å². The van der Waals surface area contributed by atoms with Crippen LogP contribution in [0.4, 0.5) is 0 Å². The highest BCUT2D eigenvalue weighted by Gasteiger charge is 2.25. The predicted molar refractivity (Wildman–Crippen MR) is 76.4 cm³/mol. The number of hydrogen-bond donors (Lipinski definition) is 1. The molecule has 0 unspecified atom stereocenters. The molecule has 0 bridgehead atoms. The molecular weight excluding hydrogens is 342 g/mol. The number of ether oxygens (including phenoxy) is 1. The van der Waals surface area contributed by atoms with Gasteiger partial charge >= 0.3 is 0 Å². The Morgan fingerprint density at radius 3 is 2.56 bits per heavy atom. The number of primary sulfonamides is 1. The van der Waals surface area contributed by atoms with Crippen molar-refractivity contribution in [1.82, 2.24) is 0 Å². The molecule has 0 aliphatic carbocycles. The summed E-state index contributed by atoms with van der Waals surface area (Å²) in [6.07, 6.45) is 0. The van der Waals surface area contributed by atoms with Crippen LogP contribution in [0, 0.1) is 5.41 Å². The number of rotatable bonds is 5. The van der Waals surface area contributed by atoms with Gasteiger partial charge in [0.05, 0.1) is 16.8 Å². The monoisotopic (exact) mass is 355 g/mol. The van der Waals surface area contributed by atoms with E-state index in [-0.39, 0.29) is 12.4 Å². The number of sulfonamides is 1. The van der Waals surface area contributed by atoms with Crippen molar-refractivity contribution >= 4 is 37.6 Å². The second-order valence-electron chi connectivity index (χ2n) is 4.83. The molecule has 1 aromatic carbocycles. The van der Waals surface area contributed by atoms with E-state index < -0.39 is 15.4 Å². The maximum atomic E-state index is 11.1. The fourth-order valence-electron chi connectivity index (χ4n) is 1.45. The first-order valence-corrected chi connectivity index (χ1v) is 8.06. The van der Waals surface area contributed by atoms with Crippen molar-refractivity contribution in [3.63, 3.8) is 0 Å². The summed E-state index contributed by atoms with van der Waals surface area (Å²) in [5.74, 6) is 0.479. The summed E-state index contributed by atoms with van der Waals surface area (Å²) in [5, 5.41) is 5.63. The first-order chi connectivity index (χ1) is 8.09. The van der Waals surface area contributed by atoms with E-state index in [0.29, 0.717) is 10.8 Å². The molecule has 4 nitrogen and oxygen atoms in total. The largest absolute Gasteiger partial charge is 0.492 e. The molecule has 0 saturated heterocycles. The standard InChI is InChI=1S/C11H15BrClNO3S/c1-11(2,7-18(14,15)16)6-17-10-4-3-8(13)5-9(10)12/h3-5H,6-7H2,1-2H3,(H2,14,15,16). The number of hydrogen-bond acceptors (Lipinski definition) is 3. The Kier molecular flexibility index (Phi) is 5.05. The van der Waals surface area contributed by atoms with Crippen molar-refractivity contribution in [3.8, 4) is 5.75 Å². The van der Waals surface area contributed by atoms with E-state index in [4.69, 9.17) is 21.5 Å². The molecule has 2 N–H and O–H groups in total. The van der Waals surface area contributed by atoms with Crippen LogP contribution in [-0.2, 0) is 10.0 Å². The molecule has 0 radical (unpaired) electrons. The molecule has 0 saturated carbocycles. The highest BCUT2D eigenvalue weighted by Crippen LogP contribution is 2.29. The van der Waals surface area contributed by atoms with Crippen LogP contribution < -0.4 is 9.88 Å². The zero-order chi connectivity index (χ0) is 14.0. The Bertz CT molecular complexity index is 531. The van der Waals surface area contributed by atoms with Crippen molar-refractivity contribution < 1.29 is 13.2 Å². The first-order valence-electron chi connectivity index (χ1n) is 5.17. The summed E-state index contributed by atoms with van der Waals surface area (Å²) in [6.45, 7) is 3.80. The minimum Gasteiger partial charge on any atom is -0.492 e. The summed E-state index contributed by atoms with van der Waals surface area (Å²) in [4.78, 5) is 0. The molecular formula is C11H15BrClNO3S. The van der Waals surface area contributed by atoms with Gasteiger partial charge in [-0.2, -0.15) is 0 Å². The normalized spacial score (nSPS) is 12.5. The molecule has 0 aromatic heterocycles. The quantitative estimate of drug-likeness (QED) is 0.882. The van der Waals surface area contributed by atoms with Gasteiger partial charge in [-0.05, 0) is 34.1 Å². The lowest BCUT2D eigenvalue weighted by Gasteiger charge is -2.23. The van der Waals surface area contributed by atoms with Crippen LogP contribution in [0.15, 0.2) is 22.7 Å². The SMILES string of the molecule is CC(C)(COc1ccc(Cl)cc1Br)CS(N)(=O)=O. The maximum absolute atomic E-state index is 11.1. The Morgan fingerprint density at radius 1 is 1.44 bits per heavy atom. The minimum absolute atomic E-state index is 0.134. The highest BCUT2D eigenvalue weighted by molar-refractivity contribution is 9.10. The van der Waals surface area contributed by atoms with E-state index in [1.165, 1.54) is 0 Å². The number of nitrogens with two attached hydrogens (primary N) is 1. The van der Waals surface area contributed by atoms with Crippen LogP contribution >= 0.6 is 27.5 Å². The van der Waals surface area contributed by atoms with Gasteiger partial charge in [0.2, 0.25) is 10.0 Å². The van der Waals surface area contributed by atoms with Crippen LogP contribution in [0.25, 0.3) is 0 Å². The summed E-state index contributed by atoms with van der Waals surface area (Å²) in [7, 11) is -3.52. The van der Waals surface area contributed by atoms with Crippen LogP contribution in [0.3, 0.4) is 0 Å². The Labute approximate surface area is 121 Å². The fraction of sp³-hybridized carbons (Fsp3) is 0.455. The van der Waals surface area contributed by atoms with E-state index >= 15 is 0 Å². The highest BCUT2D eigenvalue weighted by atomic mass is 79.9. The Balaban J connectivity index is 2.70. The predicted octanol–water partition coefficient (Wildman–Crippen LogP) is 2.80. The van der Waals surface area contributed by atoms with E-state index in [0.717, 1.165) is 4.47 Å². The van der Waals surface area contributed by atoms with E-state index in [2.05, 4.69) is 15.9 Å². The van der Waals surface area contributed by atoms with Gasteiger partial charge in [-0.3, -0.25) is 0 Å². The van der Waals surface area contributed by atoms with Crippen LogP contribution in [0.1, 0.15) is 13.8 Å². The first kappa shape index (κ1) is 15.8. The molecule has 7 heteroatoms. The lowest BCUT2D eigenvalue weighted by atomic mass is 9.98. The zero-order valence-electron chi connectivity index (χ0n) is 10.1. The average Bonchev–Trinajstić information content (AvgIpc) is 2.12. The van der Waals surface area contributed by atoms with Gasteiger partial charge in [0.15, 0.2) is 0 Å². The molecule has 18 heavy (non-hydrogen) atoms. The minimum atomic E-state index is -3.52. The lowest BCUT2D eigenvalue weighted by molar-refractivity contribution is 0.199. The van der Waals surface area contributed by atoms with Gasteiger partial charge in [-0.1, -0.05) is 25.4 Å². The average molecular weight is 357 g/mol. The zero-order valence-corrected chi connectivity index (χ0v) is 13.3. The molecule has 102 valence electrons. The topological polar surface area (TPSA) is 69.4 Å². The van der Waals surface area contributed by atoms with Crippen LogP contribution in [-0.4, -0.2) is 20.8 Å². The summed E-state index contributed by atoms with van der Waals surface area (Å²) < 4.78 is 28.4. The molecule has 1 aromatic rings. The van der Waals surface area contributed by atoms with Crippen LogP contribution in [0.5, 0.6) is 5.75 Å². The van der Waals surface area contributed by atoms with E-state index in [1.54, 1.807) is 32.0 Å². The molecule has 0 atom stereocenters. The Morgan fingerprint density at radius 2 is 2.06 bits per heavy atom. The van der Waals surface area contributed by atoms with Crippen molar-refractivity contribution in [3.05, 3.63) is 27.7 Å². The smallest absolute Gasteiger partial charge is 0.209 e. The van der Waals surface area contributed by atoms with Crippen LogP contribution in [0.2, 0.25) is 5.02 Å². The third kappa shape index (κ3) is 5.56. The van der Waals surface area contributed by atoms with E-state index in [1.807, 2.05) is 0 Å². The van der Waals surface area contributed by atoms with Gasteiger partial charge in [-0.15, -0.1) is 0 Å². The number of halogens is 2. The molecule has 0 aliphatic rings.